The molecule has 7 nitrogen and oxygen atoms in total. The Labute approximate surface area is 145 Å². The zero-order valence-corrected chi connectivity index (χ0v) is 13.9. The molecule has 0 radical (unpaired) electrons. The summed E-state index contributed by atoms with van der Waals surface area (Å²) in [7, 11) is 0. The van der Waals surface area contributed by atoms with Gasteiger partial charge in [-0.1, -0.05) is 35.5 Å². The van der Waals surface area contributed by atoms with E-state index in [-0.39, 0.29) is 0 Å². The Morgan fingerprint density at radius 1 is 1.08 bits per heavy atom. The van der Waals surface area contributed by atoms with Gasteiger partial charge in [0.15, 0.2) is 5.82 Å². The van der Waals surface area contributed by atoms with E-state index in [9.17, 15) is 0 Å². The van der Waals surface area contributed by atoms with Gasteiger partial charge in [-0.15, -0.1) is 0 Å². The van der Waals surface area contributed by atoms with Crippen molar-refractivity contribution in [1.29, 1.82) is 0 Å². The minimum atomic E-state index is 0.457. The zero-order valence-electron chi connectivity index (χ0n) is 13.9. The van der Waals surface area contributed by atoms with Crippen LogP contribution in [0.15, 0.2) is 41.2 Å². The van der Waals surface area contributed by atoms with E-state index in [1.165, 1.54) is 5.56 Å². The van der Waals surface area contributed by atoms with Gasteiger partial charge in [0.25, 0.3) is 0 Å². The predicted molar refractivity (Wildman–Crippen MR) is 93.2 cm³/mol. The van der Waals surface area contributed by atoms with Crippen molar-refractivity contribution >= 4 is 5.82 Å². The van der Waals surface area contributed by atoms with Crippen molar-refractivity contribution in [2.24, 2.45) is 0 Å². The molecule has 25 heavy (non-hydrogen) atoms. The third-order valence-corrected chi connectivity index (χ3v) is 4.25. The highest BCUT2D eigenvalue weighted by molar-refractivity contribution is 5.46. The van der Waals surface area contributed by atoms with Gasteiger partial charge in [0.05, 0.1) is 12.2 Å². The molecule has 1 aliphatic rings. The lowest BCUT2D eigenvalue weighted by atomic mass is 10.1. The SMILES string of the molecule is c1ccc(Cc2noc(CNc3ncnc4c3CCNCC4)n2)cc1. The summed E-state index contributed by atoms with van der Waals surface area (Å²) in [6, 6.07) is 10.1. The molecule has 1 aliphatic heterocycles. The number of aromatic nitrogens is 4. The summed E-state index contributed by atoms with van der Waals surface area (Å²) in [5.74, 6) is 2.11. The minimum absolute atomic E-state index is 0.457. The van der Waals surface area contributed by atoms with Crippen LogP contribution in [0.25, 0.3) is 0 Å². The highest BCUT2D eigenvalue weighted by Gasteiger charge is 2.15. The van der Waals surface area contributed by atoms with Crippen molar-refractivity contribution in [2.75, 3.05) is 18.4 Å². The average molecular weight is 336 g/mol. The second kappa shape index (κ2) is 7.40. The first kappa shape index (κ1) is 15.7. The van der Waals surface area contributed by atoms with Crippen LogP contribution in [0.5, 0.6) is 0 Å². The Kier molecular flexibility index (Phi) is 4.65. The quantitative estimate of drug-likeness (QED) is 0.734. The highest BCUT2D eigenvalue weighted by Crippen LogP contribution is 2.18. The van der Waals surface area contributed by atoms with Gasteiger partial charge in [-0.05, 0) is 18.5 Å². The Hall–Kier alpha value is -2.80. The largest absolute Gasteiger partial charge is 0.361 e. The van der Waals surface area contributed by atoms with Gasteiger partial charge in [-0.3, -0.25) is 0 Å². The van der Waals surface area contributed by atoms with E-state index in [1.807, 2.05) is 18.2 Å². The molecule has 0 fully saturated rings. The number of fused-ring (bicyclic) bond motifs is 1. The molecule has 3 aromatic rings. The number of benzene rings is 1. The maximum atomic E-state index is 5.35. The molecule has 7 heteroatoms. The molecule has 1 aromatic carbocycles. The maximum absolute atomic E-state index is 5.35. The summed E-state index contributed by atoms with van der Waals surface area (Å²) in [4.78, 5) is 13.2. The molecule has 0 bridgehead atoms. The van der Waals surface area contributed by atoms with Crippen LogP contribution >= 0.6 is 0 Å². The summed E-state index contributed by atoms with van der Waals surface area (Å²) in [5, 5.41) is 10.8. The van der Waals surface area contributed by atoms with Crippen molar-refractivity contribution in [3.8, 4) is 0 Å². The van der Waals surface area contributed by atoms with Crippen molar-refractivity contribution in [2.45, 2.75) is 25.8 Å². The Morgan fingerprint density at radius 3 is 2.88 bits per heavy atom. The van der Waals surface area contributed by atoms with Gasteiger partial charge in [-0.25, -0.2) is 9.97 Å². The fourth-order valence-corrected chi connectivity index (χ4v) is 3.00. The zero-order chi connectivity index (χ0) is 16.9. The number of anilines is 1. The molecule has 4 rings (SSSR count). The Morgan fingerprint density at radius 2 is 1.96 bits per heavy atom. The molecule has 0 unspecified atom stereocenters. The second-order valence-corrected chi connectivity index (χ2v) is 6.02. The van der Waals surface area contributed by atoms with Gasteiger partial charge in [-0.2, -0.15) is 4.98 Å². The molecule has 128 valence electrons. The third kappa shape index (κ3) is 3.83. The van der Waals surface area contributed by atoms with Crippen LogP contribution in [-0.2, 0) is 25.8 Å². The summed E-state index contributed by atoms with van der Waals surface area (Å²) < 4.78 is 5.35. The number of hydrogen-bond donors (Lipinski definition) is 2. The van der Waals surface area contributed by atoms with Crippen LogP contribution < -0.4 is 10.6 Å². The molecule has 0 aliphatic carbocycles. The summed E-state index contributed by atoms with van der Waals surface area (Å²) in [5.41, 5.74) is 3.45. The first-order chi connectivity index (χ1) is 12.4. The summed E-state index contributed by atoms with van der Waals surface area (Å²) in [6.07, 6.45) is 4.12. The lowest BCUT2D eigenvalue weighted by Crippen LogP contribution is -2.16. The predicted octanol–water partition coefficient (Wildman–Crippen LogP) is 1.75. The van der Waals surface area contributed by atoms with E-state index in [0.29, 0.717) is 24.7 Å². The molecule has 0 saturated carbocycles. The lowest BCUT2D eigenvalue weighted by Gasteiger charge is -2.10. The molecular weight excluding hydrogens is 316 g/mol. The second-order valence-electron chi connectivity index (χ2n) is 6.02. The van der Waals surface area contributed by atoms with Crippen molar-refractivity contribution < 1.29 is 4.52 Å². The Balaban J connectivity index is 1.42. The first-order valence-electron chi connectivity index (χ1n) is 8.51. The van der Waals surface area contributed by atoms with E-state index in [4.69, 9.17) is 4.52 Å². The highest BCUT2D eigenvalue weighted by atomic mass is 16.5. The molecule has 3 heterocycles. The molecule has 0 spiro atoms. The number of hydrogen-bond acceptors (Lipinski definition) is 7. The third-order valence-electron chi connectivity index (χ3n) is 4.25. The van der Waals surface area contributed by atoms with Crippen LogP contribution in [0, 0.1) is 0 Å². The first-order valence-corrected chi connectivity index (χ1v) is 8.51. The van der Waals surface area contributed by atoms with Gasteiger partial charge in [0.1, 0.15) is 12.1 Å². The number of rotatable bonds is 5. The summed E-state index contributed by atoms with van der Waals surface area (Å²) in [6.45, 7) is 2.35. The fourth-order valence-electron chi connectivity index (χ4n) is 3.00. The van der Waals surface area contributed by atoms with Gasteiger partial charge in [0.2, 0.25) is 5.89 Å². The van der Waals surface area contributed by atoms with Crippen molar-refractivity contribution in [1.82, 2.24) is 25.4 Å². The molecule has 0 atom stereocenters. The number of nitrogens with zero attached hydrogens (tertiary/aromatic N) is 4. The van der Waals surface area contributed by atoms with Crippen LogP contribution in [-0.4, -0.2) is 33.2 Å². The average Bonchev–Trinajstić information content (AvgIpc) is 2.94. The van der Waals surface area contributed by atoms with E-state index in [0.717, 1.165) is 43.0 Å². The lowest BCUT2D eigenvalue weighted by molar-refractivity contribution is 0.378. The standard InChI is InChI=1S/C18H20N6O/c1-2-4-13(5-3-1)10-16-23-17(25-24-16)11-20-18-14-6-8-19-9-7-15(14)21-12-22-18/h1-5,12,19H,6-11H2,(H,20,21,22). The minimum Gasteiger partial charge on any atom is -0.361 e. The monoisotopic (exact) mass is 336 g/mol. The van der Waals surface area contributed by atoms with Crippen molar-refractivity contribution in [3.63, 3.8) is 0 Å². The normalized spacial score (nSPS) is 13.9. The van der Waals surface area contributed by atoms with Gasteiger partial charge in [0, 0.05) is 24.9 Å². The topological polar surface area (TPSA) is 88.8 Å². The van der Waals surface area contributed by atoms with E-state index in [1.54, 1.807) is 6.33 Å². The summed E-state index contributed by atoms with van der Waals surface area (Å²) >= 11 is 0. The Bertz CT molecular complexity index is 833. The smallest absolute Gasteiger partial charge is 0.245 e. The van der Waals surface area contributed by atoms with Crippen LogP contribution in [0.4, 0.5) is 5.82 Å². The van der Waals surface area contributed by atoms with Gasteiger partial charge < -0.3 is 15.2 Å². The van der Waals surface area contributed by atoms with Crippen LogP contribution in [0.3, 0.4) is 0 Å². The maximum Gasteiger partial charge on any atom is 0.245 e. The number of nitrogens with one attached hydrogen (secondary N) is 2. The van der Waals surface area contributed by atoms with E-state index < -0.39 is 0 Å². The van der Waals surface area contributed by atoms with E-state index >= 15 is 0 Å². The molecule has 0 amide bonds. The van der Waals surface area contributed by atoms with Crippen LogP contribution in [0.1, 0.15) is 28.5 Å². The molecular formula is C18H20N6O. The van der Waals surface area contributed by atoms with Crippen LogP contribution in [0.2, 0.25) is 0 Å². The van der Waals surface area contributed by atoms with Gasteiger partial charge >= 0.3 is 0 Å². The fraction of sp³-hybridized carbons (Fsp3) is 0.333. The molecule has 2 N–H and O–H groups in total. The molecule has 2 aromatic heterocycles. The van der Waals surface area contributed by atoms with E-state index in [2.05, 4.69) is 42.9 Å². The molecule has 0 saturated heterocycles. The van der Waals surface area contributed by atoms with Crippen molar-refractivity contribution in [3.05, 3.63) is 65.2 Å².